The van der Waals surface area contributed by atoms with E-state index < -0.39 is 17.6 Å². The Morgan fingerprint density at radius 1 is 1.10 bits per heavy atom. The Morgan fingerprint density at radius 3 is 2.52 bits per heavy atom. The zero-order valence-electron chi connectivity index (χ0n) is 15.7. The summed E-state index contributed by atoms with van der Waals surface area (Å²) in [5.74, 6) is -0.742. The molecule has 0 aliphatic rings. The molecule has 0 unspecified atom stereocenters. The molecule has 0 aliphatic heterocycles. The van der Waals surface area contributed by atoms with Gasteiger partial charge in [-0.05, 0) is 50.2 Å². The van der Waals surface area contributed by atoms with Crippen LogP contribution >= 0.6 is 0 Å². The predicted octanol–water partition coefficient (Wildman–Crippen LogP) is 4.58. The predicted molar refractivity (Wildman–Crippen MR) is 103 cm³/mol. The van der Waals surface area contributed by atoms with Crippen molar-refractivity contribution in [2.75, 3.05) is 0 Å². The third-order valence-electron chi connectivity index (χ3n) is 4.42. The molecule has 0 fully saturated rings. The summed E-state index contributed by atoms with van der Waals surface area (Å²) in [5.41, 5.74) is 4.08. The molecule has 1 aromatic heterocycles. The first kappa shape index (κ1) is 20.2. The SMILES string of the molecule is Cc1cc(/C=N\NC(=O)c2ccccc2O)c(C)n1-c1cccc(C(F)(F)F)c1. The average Bonchev–Trinajstić information content (AvgIpc) is 2.95. The number of aromatic nitrogens is 1. The highest BCUT2D eigenvalue weighted by Crippen LogP contribution is 2.31. The second kappa shape index (κ2) is 7.83. The summed E-state index contributed by atoms with van der Waals surface area (Å²) in [6.07, 6.45) is -3.02. The number of carbonyl (C=O) groups is 1. The van der Waals surface area contributed by atoms with E-state index in [-0.39, 0.29) is 11.3 Å². The first-order chi connectivity index (χ1) is 13.7. The lowest BCUT2D eigenvalue weighted by Crippen LogP contribution is -2.17. The molecule has 0 saturated heterocycles. The van der Waals surface area contributed by atoms with Gasteiger partial charge in [0, 0.05) is 22.6 Å². The molecule has 0 radical (unpaired) electrons. The molecular formula is C21H18F3N3O2. The van der Waals surface area contributed by atoms with Gasteiger partial charge in [-0.3, -0.25) is 4.79 Å². The van der Waals surface area contributed by atoms with Gasteiger partial charge in [0.15, 0.2) is 0 Å². The van der Waals surface area contributed by atoms with Crippen LogP contribution in [0.4, 0.5) is 13.2 Å². The summed E-state index contributed by atoms with van der Waals surface area (Å²) in [4.78, 5) is 12.1. The zero-order valence-corrected chi connectivity index (χ0v) is 15.7. The van der Waals surface area contributed by atoms with Crippen molar-refractivity contribution in [2.45, 2.75) is 20.0 Å². The van der Waals surface area contributed by atoms with Gasteiger partial charge in [0.25, 0.3) is 5.91 Å². The molecule has 0 aliphatic carbocycles. The third kappa shape index (κ3) is 4.31. The number of benzene rings is 2. The fourth-order valence-electron chi connectivity index (χ4n) is 3.02. The number of hydrogen-bond acceptors (Lipinski definition) is 3. The monoisotopic (exact) mass is 401 g/mol. The normalized spacial score (nSPS) is 11.8. The van der Waals surface area contributed by atoms with Crippen LogP contribution in [0.2, 0.25) is 0 Å². The summed E-state index contributed by atoms with van der Waals surface area (Å²) >= 11 is 0. The molecule has 0 atom stereocenters. The smallest absolute Gasteiger partial charge is 0.416 e. The van der Waals surface area contributed by atoms with Gasteiger partial charge in [-0.15, -0.1) is 0 Å². The van der Waals surface area contributed by atoms with Crippen LogP contribution in [0.15, 0.2) is 59.7 Å². The minimum atomic E-state index is -4.43. The van der Waals surface area contributed by atoms with Crippen molar-refractivity contribution in [1.82, 2.24) is 9.99 Å². The van der Waals surface area contributed by atoms with E-state index in [0.717, 1.165) is 17.8 Å². The Labute approximate surface area is 165 Å². The summed E-state index contributed by atoms with van der Waals surface area (Å²) in [7, 11) is 0. The fourth-order valence-corrected chi connectivity index (χ4v) is 3.02. The van der Waals surface area contributed by atoms with Crippen molar-refractivity contribution >= 4 is 12.1 Å². The van der Waals surface area contributed by atoms with Crippen molar-refractivity contribution in [1.29, 1.82) is 0 Å². The van der Waals surface area contributed by atoms with E-state index in [1.165, 1.54) is 24.4 Å². The minimum absolute atomic E-state index is 0.0825. The molecule has 5 nitrogen and oxygen atoms in total. The molecule has 1 amide bonds. The van der Waals surface area contributed by atoms with E-state index in [0.29, 0.717) is 16.9 Å². The molecule has 8 heteroatoms. The van der Waals surface area contributed by atoms with Crippen molar-refractivity contribution in [3.63, 3.8) is 0 Å². The number of nitrogens with one attached hydrogen (secondary N) is 1. The van der Waals surface area contributed by atoms with Crippen LogP contribution in [-0.4, -0.2) is 21.8 Å². The number of alkyl halides is 3. The molecule has 3 aromatic rings. The fraction of sp³-hybridized carbons (Fsp3) is 0.143. The Hall–Kier alpha value is -3.55. The number of aromatic hydroxyl groups is 1. The molecule has 29 heavy (non-hydrogen) atoms. The topological polar surface area (TPSA) is 66.6 Å². The number of hydrazone groups is 1. The number of carbonyl (C=O) groups excluding carboxylic acids is 1. The number of phenolic OH excluding ortho intramolecular Hbond substituents is 1. The van der Waals surface area contributed by atoms with Crippen LogP contribution in [-0.2, 0) is 6.18 Å². The first-order valence-corrected chi connectivity index (χ1v) is 8.66. The molecule has 3 rings (SSSR count). The average molecular weight is 401 g/mol. The van der Waals surface area contributed by atoms with Gasteiger partial charge in [-0.1, -0.05) is 18.2 Å². The van der Waals surface area contributed by atoms with Crippen LogP contribution in [0.5, 0.6) is 5.75 Å². The second-order valence-electron chi connectivity index (χ2n) is 6.43. The molecule has 0 bridgehead atoms. The maximum Gasteiger partial charge on any atom is 0.416 e. The maximum absolute atomic E-state index is 13.0. The van der Waals surface area contributed by atoms with E-state index >= 15 is 0 Å². The van der Waals surface area contributed by atoms with E-state index in [1.807, 2.05) is 0 Å². The maximum atomic E-state index is 13.0. The number of hydrogen-bond donors (Lipinski definition) is 2. The number of para-hydroxylation sites is 1. The number of phenols is 1. The second-order valence-corrected chi connectivity index (χ2v) is 6.43. The number of amides is 1. The molecule has 2 N–H and O–H groups in total. The highest BCUT2D eigenvalue weighted by atomic mass is 19.4. The van der Waals surface area contributed by atoms with Gasteiger partial charge in [0.1, 0.15) is 5.75 Å². The zero-order chi connectivity index (χ0) is 21.2. The van der Waals surface area contributed by atoms with Gasteiger partial charge >= 0.3 is 6.18 Å². The van der Waals surface area contributed by atoms with Gasteiger partial charge in [0.2, 0.25) is 0 Å². The van der Waals surface area contributed by atoms with Crippen molar-refractivity contribution in [2.24, 2.45) is 5.10 Å². The lowest BCUT2D eigenvalue weighted by molar-refractivity contribution is -0.137. The molecule has 0 saturated carbocycles. The van der Waals surface area contributed by atoms with Crippen molar-refractivity contribution < 1.29 is 23.1 Å². The van der Waals surface area contributed by atoms with Gasteiger partial charge in [0.05, 0.1) is 17.3 Å². The van der Waals surface area contributed by atoms with Crippen molar-refractivity contribution in [3.05, 3.63) is 82.7 Å². The quantitative estimate of drug-likeness (QED) is 0.496. The van der Waals surface area contributed by atoms with E-state index in [9.17, 15) is 23.1 Å². The summed E-state index contributed by atoms with van der Waals surface area (Å²) < 4.78 is 40.7. The Kier molecular flexibility index (Phi) is 5.45. The van der Waals surface area contributed by atoms with Crippen LogP contribution in [0.3, 0.4) is 0 Å². The molecule has 1 heterocycles. The number of nitrogens with zero attached hydrogens (tertiary/aromatic N) is 2. The third-order valence-corrected chi connectivity index (χ3v) is 4.42. The lowest BCUT2D eigenvalue weighted by Gasteiger charge is -2.13. The van der Waals surface area contributed by atoms with Crippen LogP contribution < -0.4 is 5.43 Å². The van der Waals surface area contributed by atoms with Gasteiger partial charge in [-0.25, -0.2) is 5.43 Å². The Morgan fingerprint density at radius 2 is 1.83 bits per heavy atom. The van der Waals surface area contributed by atoms with Crippen molar-refractivity contribution in [3.8, 4) is 11.4 Å². The van der Waals surface area contributed by atoms with E-state index in [4.69, 9.17) is 0 Å². The molecule has 2 aromatic carbocycles. The number of rotatable bonds is 4. The Bertz CT molecular complexity index is 1090. The highest BCUT2D eigenvalue weighted by molar-refractivity contribution is 5.97. The largest absolute Gasteiger partial charge is 0.507 e. The summed E-state index contributed by atoms with van der Waals surface area (Å²) in [5, 5.41) is 13.6. The highest BCUT2D eigenvalue weighted by Gasteiger charge is 2.30. The van der Waals surface area contributed by atoms with Crippen LogP contribution in [0, 0.1) is 13.8 Å². The summed E-state index contributed by atoms with van der Waals surface area (Å²) in [6, 6.07) is 12.9. The Balaban J connectivity index is 1.84. The number of aryl methyl sites for hydroxylation is 1. The van der Waals surface area contributed by atoms with E-state index in [2.05, 4.69) is 10.5 Å². The number of halogens is 3. The molecule has 150 valence electrons. The first-order valence-electron chi connectivity index (χ1n) is 8.66. The van der Waals surface area contributed by atoms with Gasteiger partial charge in [-0.2, -0.15) is 18.3 Å². The molecule has 0 spiro atoms. The van der Waals surface area contributed by atoms with Crippen LogP contribution in [0.25, 0.3) is 5.69 Å². The minimum Gasteiger partial charge on any atom is -0.507 e. The summed E-state index contributed by atoms with van der Waals surface area (Å²) in [6.45, 7) is 3.52. The standard InChI is InChI=1S/C21H18F3N3O2/c1-13-10-15(12-25-26-20(29)18-8-3-4-9-19(18)28)14(2)27(13)17-7-5-6-16(11-17)21(22,23)24/h3-12,28H,1-2H3,(H,26,29)/b25-12-. The molecular weight excluding hydrogens is 383 g/mol. The van der Waals surface area contributed by atoms with Gasteiger partial charge < -0.3 is 9.67 Å². The van der Waals surface area contributed by atoms with E-state index in [1.54, 1.807) is 42.7 Å². The van der Waals surface area contributed by atoms with Crippen LogP contribution in [0.1, 0.15) is 32.9 Å². The lowest BCUT2D eigenvalue weighted by atomic mass is 10.2.